The van der Waals surface area contributed by atoms with E-state index in [1.165, 1.54) is 20.1 Å². The van der Waals surface area contributed by atoms with Crippen LogP contribution in [0.5, 0.6) is 0 Å². The number of amides is 2. The summed E-state index contributed by atoms with van der Waals surface area (Å²) in [5.41, 5.74) is 4.90. The van der Waals surface area contributed by atoms with Gasteiger partial charge in [-0.3, -0.25) is 14.4 Å². The van der Waals surface area contributed by atoms with Crippen LogP contribution in [0.1, 0.15) is 40.3 Å². The van der Waals surface area contributed by atoms with Crippen LogP contribution in [-0.4, -0.2) is 23.8 Å². The number of anilines is 1. The van der Waals surface area contributed by atoms with Crippen molar-refractivity contribution >= 4 is 29.5 Å². The summed E-state index contributed by atoms with van der Waals surface area (Å²) in [6.07, 6.45) is 1.40. The van der Waals surface area contributed by atoms with Crippen LogP contribution < -0.4 is 10.7 Å². The smallest absolute Gasteiger partial charge is 0.271 e. The fraction of sp³-hybridized carbons (Fsp3) is 0.0909. The van der Waals surface area contributed by atoms with Crippen LogP contribution in [0.15, 0.2) is 70.2 Å². The first-order valence-corrected chi connectivity index (χ1v) is 8.84. The lowest BCUT2D eigenvalue weighted by Gasteiger charge is -2.03. The van der Waals surface area contributed by atoms with Crippen LogP contribution in [0.2, 0.25) is 0 Å². The van der Waals surface area contributed by atoms with Gasteiger partial charge < -0.3 is 9.73 Å². The SMILES string of the molecule is CC(=O)Nc1ccc(C(=O)NN=Cc2ccc(-c3ccc(C(C)=O)cc3)o2)cc1. The second kappa shape index (κ2) is 8.79. The highest BCUT2D eigenvalue weighted by Gasteiger charge is 2.07. The number of ketones is 1. The van der Waals surface area contributed by atoms with Gasteiger partial charge in [0.15, 0.2) is 5.78 Å². The van der Waals surface area contributed by atoms with Crippen molar-refractivity contribution in [1.29, 1.82) is 0 Å². The standard InChI is InChI=1S/C22H19N3O4/c1-14(26)16-3-5-17(6-4-16)21-12-11-20(29-21)13-23-25-22(28)18-7-9-19(10-8-18)24-15(2)27/h3-13H,1-2H3,(H,24,27)(H,25,28). The molecule has 0 fully saturated rings. The lowest BCUT2D eigenvalue weighted by Crippen LogP contribution is -2.17. The van der Waals surface area contributed by atoms with E-state index < -0.39 is 0 Å². The minimum absolute atomic E-state index is 0.00399. The molecule has 146 valence electrons. The molecule has 0 aliphatic rings. The molecule has 7 heteroatoms. The van der Waals surface area contributed by atoms with Gasteiger partial charge in [-0.05, 0) is 43.3 Å². The van der Waals surface area contributed by atoms with Crippen molar-refractivity contribution in [1.82, 2.24) is 5.43 Å². The summed E-state index contributed by atoms with van der Waals surface area (Å²) < 4.78 is 5.68. The van der Waals surface area contributed by atoms with E-state index in [1.807, 2.05) is 12.1 Å². The van der Waals surface area contributed by atoms with Crippen molar-refractivity contribution in [2.75, 3.05) is 5.32 Å². The topological polar surface area (TPSA) is 101 Å². The zero-order chi connectivity index (χ0) is 20.8. The number of carbonyl (C=O) groups is 3. The number of rotatable bonds is 6. The maximum absolute atomic E-state index is 12.1. The van der Waals surface area contributed by atoms with Crippen LogP contribution in [0.4, 0.5) is 5.69 Å². The number of hydrogen-bond donors (Lipinski definition) is 2. The van der Waals surface area contributed by atoms with E-state index in [0.29, 0.717) is 28.3 Å². The Kier molecular flexibility index (Phi) is 5.99. The average Bonchev–Trinajstić information content (AvgIpc) is 3.17. The maximum atomic E-state index is 12.1. The molecule has 0 bridgehead atoms. The molecule has 0 radical (unpaired) electrons. The molecule has 2 aromatic carbocycles. The molecular formula is C22H19N3O4. The first kappa shape index (κ1) is 19.8. The molecule has 0 saturated carbocycles. The van der Waals surface area contributed by atoms with E-state index in [9.17, 15) is 14.4 Å². The third kappa shape index (κ3) is 5.26. The van der Waals surface area contributed by atoms with Gasteiger partial charge >= 0.3 is 0 Å². The van der Waals surface area contributed by atoms with Crippen molar-refractivity contribution in [3.05, 3.63) is 77.6 Å². The Hall–Kier alpha value is -4.00. The first-order valence-electron chi connectivity index (χ1n) is 8.84. The number of Topliss-reactive ketones (excluding diaryl/α,β-unsaturated/α-hetero) is 1. The second-order valence-corrected chi connectivity index (χ2v) is 6.29. The lowest BCUT2D eigenvalue weighted by molar-refractivity contribution is -0.114. The van der Waals surface area contributed by atoms with E-state index in [4.69, 9.17) is 4.42 Å². The zero-order valence-corrected chi connectivity index (χ0v) is 15.9. The van der Waals surface area contributed by atoms with Gasteiger partial charge in [0.2, 0.25) is 5.91 Å². The Bertz CT molecular complexity index is 1060. The minimum atomic E-state index is -0.387. The van der Waals surface area contributed by atoms with Crippen molar-refractivity contribution in [2.24, 2.45) is 5.10 Å². The number of nitrogens with one attached hydrogen (secondary N) is 2. The van der Waals surface area contributed by atoms with Crippen LogP contribution >= 0.6 is 0 Å². The van der Waals surface area contributed by atoms with Crippen LogP contribution in [0.3, 0.4) is 0 Å². The summed E-state index contributed by atoms with van der Waals surface area (Å²) >= 11 is 0. The molecular weight excluding hydrogens is 370 g/mol. The lowest BCUT2D eigenvalue weighted by atomic mass is 10.1. The van der Waals surface area contributed by atoms with Gasteiger partial charge in [-0.2, -0.15) is 5.10 Å². The summed E-state index contributed by atoms with van der Waals surface area (Å²) in [4.78, 5) is 34.5. The summed E-state index contributed by atoms with van der Waals surface area (Å²) in [6, 6.07) is 17.1. The molecule has 29 heavy (non-hydrogen) atoms. The van der Waals surface area contributed by atoms with Gasteiger partial charge in [-0.25, -0.2) is 5.43 Å². The number of hydrazone groups is 1. The maximum Gasteiger partial charge on any atom is 0.271 e. The number of furan rings is 1. The Morgan fingerprint density at radius 3 is 2.14 bits per heavy atom. The molecule has 1 heterocycles. The predicted octanol–water partition coefficient (Wildman–Crippen LogP) is 3.87. The van der Waals surface area contributed by atoms with Crippen molar-refractivity contribution in [2.45, 2.75) is 13.8 Å². The minimum Gasteiger partial charge on any atom is -0.455 e. The van der Waals surface area contributed by atoms with Crippen LogP contribution in [-0.2, 0) is 4.79 Å². The van der Waals surface area contributed by atoms with Crippen LogP contribution in [0, 0.1) is 0 Å². The molecule has 1 aromatic heterocycles. The molecule has 3 rings (SSSR count). The molecule has 7 nitrogen and oxygen atoms in total. The number of benzene rings is 2. The predicted molar refractivity (Wildman–Crippen MR) is 110 cm³/mol. The summed E-state index contributed by atoms with van der Waals surface area (Å²) in [5.74, 6) is 0.532. The second-order valence-electron chi connectivity index (χ2n) is 6.29. The Labute approximate surface area is 167 Å². The average molecular weight is 389 g/mol. The van der Waals surface area contributed by atoms with E-state index in [2.05, 4.69) is 15.8 Å². The number of nitrogens with zero attached hydrogens (tertiary/aromatic N) is 1. The van der Waals surface area contributed by atoms with Crippen molar-refractivity contribution < 1.29 is 18.8 Å². The third-order valence-corrected chi connectivity index (χ3v) is 4.03. The molecule has 0 spiro atoms. The molecule has 0 unspecified atom stereocenters. The third-order valence-electron chi connectivity index (χ3n) is 4.03. The molecule has 2 amide bonds. The highest BCUT2D eigenvalue weighted by molar-refractivity contribution is 5.96. The quantitative estimate of drug-likeness (QED) is 0.380. The first-order chi connectivity index (χ1) is 13.9. The van der Waals surface area contributed by atoms with Gasteiger partial charge in [-0.1, -0.05) is 24.3 Å². The summed E-state index contributed by atoms with van der Waals surface area (Å²) in [6.45, 7) is 2.93. The normalized spacial score (nSPS) is 10.7. The van der Waals surface area contributed by atoms with Crippen LogP contribution in [0.25, 0.3) is 11.3 Å². The van der Waals surface area contributed by atoms with Gasteiger partial charge in [0.05, 0.1) is 6.21 Å². The largest absolute Gasteiger partial charge is 0.455 e. The Morgan fingerprint density at radius 2 is 1.52 bits per heavy atom. The van der Waals surface area contributed by atoms with E-state index in [-0.39, 0.29) is 17.6 Å². The fourth-order valence-corrected chi connectivity index (χ4v) is 2.57. The number of hydrogen-bond acceptors (Lipinski definition) is 5. The van der Waals surface area contributed by atoms with Crippen molar-refractivity contribution in [3.63, 3.8) is 0 Å². The molecule has 0 atom stereocenters. The highest BCUT2D eigenvalue weighted by atomic mass is 16.3. The molecule has 0 aliphatic heterocycles. The summed E-state index contributed by atoms with van der Waals surface area (Å²) in [7, 11) is 0. The Balaban J connectivity index is 1.60. The fourth-order valence-electron chi connectivity index (χ4n) is 2.57. The molecule has 0 saturated heterocycles. The Morgan fingerprint density at radius 1 is 0.862 bits per heavy atom. The zero-order valence-electron chi connectivity index (χ0n) is 15.9. The number of carbonyl (C=O) groups excluding carboxylic acids is 3. The van der Waals surface area contributed by atoms with E-state index in [0.717, 1.165) is 5.56 Å². The van der Waals surface area contributed by atoms with Gasteiger partial charge in [0.1, 0.15) is 11.5 Å². The monoisotopic (exact) mass is 389 g/mol. The van der Waals surface area contributed by atoms with Gasteiger partial charge in [0, 0.05) is 29.3 Å². The van der Waals surface area contributed by atoms with Gasteiger partial charge in [-0.15, -0.1) is 0 Å². The molecule has 3 aromatic rings. The van der Waals surface area contributed by atoms with Crippen molar-refractivity contribution in [3.8, 4) is 11.3 Å². The summed E-state index contributed by atoms with van der Waals surface area (Å²) in [5, 5.41) is 6.53. The molecule has 0 aliphatic carbocycles. The highest BCUT2D eigenvalue weighted by Crippen LogP contribution is 2.22. The van der Waals surface area contributed by atoms with E-state index >= 15 is 0 Å². The van der Waals surface area contributed by atoms with E-state index in [1.54, 1.807) is 48.5 Å². The molecule has 2 N–H and O–H groups in total. The van der Waals surface area contributed by atoms with Gasteiger partial charge in [0.25, 0.3) is 5.91 Å².